The molecule has 0 radical (unpaired) electrons. The van der Waals surface area contributed by atoms with Crippen molar-refractivity contribution in [1.82, 2.24) is 0 Å². The van der Waals surface area contributed by atoms with E-state index in [1.165, 1.54) is 6.07 Å². The summed E-state index contributed by atoms with van der Waals surface area (Å²) in [5, 5.41) is 0.403. The highest BCUT2D eigenvalue weighted by Crippen LogP contribution is 2.29. The molecule has 0 saturated heterocycles. The van der Waals surface area contributed by atoms with E-state index in [9.17, 15) is 13.2 Å². The Balaban J connectivity index is 2.38. The van der Waals surface area contributed by atoms with Crippen LogP contribution in [-0.2, 0) is 4.74 Å². The first-order chi connectivity index (χ1) is 7.38. The fourth-order valence-corrected chi connectivity index (χ4v) is 1.90. The summed E-state index contributed by atoms with van der Waals surface area (Å²) in [5.74, 6) is -0.108. The standard InChI is InChI=1S/C9H9ClF3NOS/c10-7-3-6(14)1-2-8(7)16-5-15-4-9(11,12)13/h1-3H,4-5,14H2. The topological polar surface area (TPSA) is 35.2 Å². The lowest BCUT2D eigenvalue weighted by molar-refractivity contribution is -0.168. The van der Waals surface area contributed by atoms with Crippen molar-refractivity contribution in [3.63, 3.8) is 0 Å². The molecule has 1 rings (SSSR count). The minimum absolute atomic E-state index is 0.108. The van der Waals surface area contributed by atoms with Gasteiger partial charge in [-0.25, -0.2) is 0 Å². The molecule has 2 N–H and O–H groups in total. The van der Waals surface area contributed by atoms with Crippen LogP contribution in [0, 0.1) is 0 Å². The third-order valence-corrected chi connectivity index (χ3v) is 2.90. The van der Waals surface area contributed by atoms with Gasteiger partial charge in [-0.15, -0.1) is 0 Å². The summed E-state index contributed by atoms with van der Waals surface area (Å²) in [6.45, 7) is -1.26. The minimum atomic E-state index is -4.30. The molecule has 2 nitrogen and oxygen atoms in total. The normalized spacial score (nSPS) is 11.8. The largest absolute Gasteiger partial charge is 0.411 e. The van der Waals surface area contributed by atoms with E-state index >= 15 is 0 Å². The lowest BCUT2D eigenvalue weighted by atomic mass is 10.3. The Kier molecular flexibility index (Phi) is 4.76. The van der Waals surface area contributed by atoms with Crippen molar-refractivity contribution in [2.45, 2.75) is 11.1 Å². The first-order valence-corrected chi connectivity index (χ1v) is 5.57. The Bertz CT molecular complexity index is 359. The fourth-order valence-electron chi connectivity index (χ4n) is 0.897. The van der Waals surface area contributed by atoms with Crippen LogP contribution in [0.3, 0.4) is 0 Å². The number of hydrogen-bond donors (Lipinski definition) is 1. The smallest absolute Gasteiger partial charge is 0.399 e. The molecule has 0 unspecified atom stereocenters. The second-order valence-electron chi connectivity index (χ2n) is 2.92. The molecule has 0 aliphatic carbocycles. The highest BCUT2D eigenvalue weighted by atomic mass is 35.5. The summed E-state index contributed by atoms with van der Waals surface area (Å²) in [4.78, 5) is 0.637. The number of thioether (sulfide) groups is 1. The SMILES string of the molecule is Nc1ccc(SCOCC(F)(F)F)c(Cl)c1. The van der Waals surface area contributed by atoms with E-state index in [1.807, 2.05) is 0 Å². The van der Waals surface area contributed by atoms with E-state index < -0.39 is 12.8 Å². The second kappa shape index (κ2) is 5.65. The van der Waals surface area contributed by atoms with Crippen LogP contribution >= 0.6 is 23.4 Å². The van der Waals surface area contributed by atoms with Gasteiger partial charge in [-0.05, 0) is 18.2 Å². The van der Waals surface area contributed by atoms with Crippen molar-refractivity contribution in [2.75, 3.05) is 18.3 Å². The number of alkyl halides is 3. The molecule has 0 aliphatic heterocycles. The van der Waals surface area contributed by atoms with E-state index in [-0.39, 0.29) is 5.94 Å². The first-order valence-electron chi connectivity index (χ1n) is 4.21. The number of halogens is 4. The van der Waals surface area contributed by atoms with Crippen LogP contribution in [0.25, 0.3) is 0 Å². The number of hydrogen-bond acceptors (Lipinski definition) is 3. The van der Waals surface area contributed by atoms with Crippen molar-refractivity contribution in [3.8, 4) is 0 Å². The molecular formula is C9H9ClF3NOS. The molecule has 0 spiro atoms. The van der Waals surface area contributed by atoms with Gasteiger partial charge >= 0.3 is 6.18 Å². The van der Waals surface area contributed by atoms with Crippen LogP contribution in [0.5, 0.6) is 0 Å². The predicted octanol–water partition coefficient (Wildman–Crippen LogP) is 3.55. The Morgan fingerprint density at radius 2 is 2.06 bits per heavy atom. The Morgan fingerprint density at radius 3 is 2.62 bits per heavy atom. The van der Waals surface area contributed by atoms with Gasteiger partial charge in [0.15, 0.2) is 0 Å². The maximum Gasteiger partial charge on any atom is 0.411 e. The third kappa shape index (κ3) is 4.96. The van der Waals surface area contributed by atoms with Crippen LogP contribution < -0.4 is 5.73 Å². The van der Waals surface area contributed by atoms with Crippen LogP contribution in [0.2, 0.25) is 5.02 Å². The summed E-state index contributed by atoms with van der Waals surface area (Å²) in [5.41, 5.74) is 5.97. The lowest BCUT2D eigenvalue weighted by Crippen LogP contribution is -2.16. The van der Waals surface area contributed by atoms with Gasteiger partial charge in [0.05, 0.1) is 11.0 Å². The number of nitrogen functional groups attached to an aromatic ring is 1. The van der Waals surface area contributed by atoms with Gasteiger partial charge < -0.3 is 10.5 Å². The average Bonchev–Trinajstić information content (AvgIpc) is 2.13. The van der Waals surface area contributed by atoms with Crippen LogP contribution in [0.1, 0.15) is 0 Å². The van der Waals surface area contributed by atoms with Gasteiger partial charge in [-0.3, -0.25) is 0 Å². The van der Waals surface area contributed by atoms with E-state index in [4.69, 9.17) is 17.3 Å². The van der Waals surface area contributed by atoms with E-state index in [0.29, 0.717) is 15.6 Å². The molecule has 0 fully saturated rings. The minimum Gasteiger partial charge on any atom is -0.399 e. The highest BCUT2D eigenvalue weighted by molar-refractivity contribution is 7.99. The number of ether oxygens (including phenoxy) is 1. The van der Waals surface area contributed by atoms with Gasteiger partial charge in [0.25, 0.3) is 0 Å². The van der Waals surface area contributed by atoms with Crippen molar-refractivity contribution >= 4 is 29.1 Å². The third-order valence-electron chi connectivity index (χ3n) is 1.52. The monoisotopic (exact) mass is 271 g/mol. The van der Waals surface area contributed by atoms with Gasteiger partial charge in [-0.1, -0.05) is 23.4 Å². The highest BCUT2D eigenvalue weighted by Gasteiger charge is 2.27. The first kappa shape index (κ1) is 13.5. The molecule has 0 amide bonds. The van der Waals surface area contributed by atoms with Crippen molar-refractivity contribution in [1.29, 1.82) is 0 Å². The zero-order valence-electron chi connectivity index (χ0n) is 8.05. The van der Waals surface area contributed by atoms with Crippen molar-refractivity contribution in [2.24, 2.45) is 0 Å². The summed E-state index contributed by atoms with van der Waals surface area (Å²) in [7, 11) is 0. The molecule has 0 aliphatic rings. The average molecular weight is 272 g/mol. The van der Waals surface area contributed by atoms with Crippen LogP contribution in [0.15, 0.2) is 23.1 Å². The maximum atomic E-state index is 11.7. The van der Waals surface area contributed by atoms with E-state index in [1.54, 1.807) is 12.1 Å². The van der Waals surface area contributed by atoms with Crippen molar-refractivity contribution in [3.05, 3.63) is 23.2 Å². The summed E-state index contributed by atoms with van der Waals surface area (Å²) < 4.78 is 39.6. The summed E-state index contributed by atoms with van der Waals surface area (Å²) in [6.07, 6.45) is -4.30. The van der Waals surface area contributed by atoms with E-state index in [2.05, 4.69) is 4.74 Å². The number of anilines is 1. The molecule has 0 saturated carbocycles. The molecule has 0 bridgehead atoms. The Hall–Kier alpha value is -0.590. The molecule has 0 atom stereocenters. The number of benzene rings is 1. The lowest BCUT2D eigenvalue weighted by Gasteiger charge is -2.08. The molecule has 0 heterocycles. The Morgan fingerprint density at radius 1 is 1.38 bits per heavy atom. The molecule has 90 valence electrons. The van der Waals surface area contributed by atoms with E-state index in [0.717, 1.165) is 11.8 Å². The predicted molar refractivity (Wildman–Crippen MR) is 58.6 cm³/mol. The molecule has 7 heteroatoms. The summed E-state index contributed by atoms with van der Waals surface area (Å²) in [6, 6.07) is 4.80. The van der Waals surface area contributed by atoms with Gasteiger partial charge in [-0.2, -0.15) is 13.2 Å². The molecule has 1 aromatic carbocycles. The van der Waals surface area contributed by atoms with Gasteiger partial charge in [0.2, 0.25) is 0 Å². The Labute approximate surface area is 99.9 Å². The zero-order valence-corrected chi connectivity index (χ0v) is 9.62. The molecule has 0 aromatic heterocycles. The number of rotatable bonds is 4. The quantitative estimate of drug-likeness (QED) is 0.394. The maximum absolute atomic E-state index is 11.7. The van der Waals surface area contributed by atoms with Crippen LogP contribution in [-0.4, -0.2) is 18.7 Å². The van der Waals surface area contributed by atoms with Gasteiger partial charge in [0.1, 0.15) is 6.61 Å². The molecular weight excluding hydrogens is 263 g/mol. The van der Waals surface area contributed by atoms with Crippen molar-refractivity contribution < 1.29 is 17.9 Å². The van der Waals surface area contributed by atoms with Crippen LogP contribution in [0.4, 0.5) is 18.9 Å². The number of nitrogens with two attached hydrogens (primary N) is 1. The molecule has 16 heavy (non-hydrogen) atoms. The molecule has 1 aromatic rings. The van der Waals surface area contributed by atoms with Gasteiger partial charge in [0, 0.05) is 10.6 Å². The second-order valence-corrected chi connectivity index (χ2v) is 4.29. The fraction of sp³-hybridized carbons (Fsp3) is 0.333. The summed E-state index contributed by atoms with van der Waals surface area (Å²) >= 11 is 6.91. The zero-order chi connectivity index (χ0) is 12.2.